The Morgan fingerprint density at radius 3 is 2.62 bits per heavy atom. The first-order valence-corrected chi connectivity index (χ1v) is 6.74. The third-order valence-corrected chi connectivity index (χ3v) is 3.23. The Kier molecular flexibility index (Phi) is 3.78. The molecule has 2 N–H and O–H groups in total. The van der Waals surface area contributed by atoms with Crippen LogP contribution in [0.5, 0.6) is 0 Å². The molecule has 0 aliphatic rings. The number of aromatic amines is 1. The van der Waals surface area contributed by atoms with E-state index < -0.39 is 0 Å². The third kappa shape index (κ3) is 3.17. The van der Waals surface area contributed by atoms with Gasteiger partial charge in [0.25, 0.3) is 5.91 Å². The number of nitrogens with one attached hydrogen (secondary N) is 2. The molecular weight excluding hydrogens is 262 g/mol. The summed E-state index contributed by atoms with van der Waals surface area (Å²) in [7, 11) is 0. The highest BCUT2D eigenvalue weighted by atomic mass is 16.1. The van der Waals surface area contributed by atoms with Crippen molar-refractivity contribution in [2.45, 2.75) is 6.54 Å². The number of nitrogens with zero attached hydrogens (tertiary/aromatic N) is 1. The molecule has 0 fully saturated rings. The normalized spacial score (nSPS) is 10.3. The predicted molar refractivity (Wildman–Crippen MR) is 81.6 cm³/mol. The van der Waals surface area contributed by atoms with Gasteiger partial charge >= 0.3 is 0 Å². The number of imidazole rings is 1. The van der Waals surface area contributed by atoms with E-state index >= 15 is 0 Å². The molecule has 0 saturated heterocycles. The average molecular weight is 277 g/mol. The van der Waals surface area contributed by atoms with Crippen LogP contribution in [0.3, 0.4) is 0 Å². The van der Waals surface area contributed by atoms with E-state index in [1.165, 1.54) is 18.1 Å². The molecule has 2 aromatic carbocycles. The number of hydrogen-bond acceptors (Lipinski definition) is 2. The van der Waals surface area contributed by atoms with Crippen molar-refractivity contribution in [3.8, 4) is 11.1 Å². The summed E-state index contributed by atoms with van der Waals surface area (Å²) in [6.45, 7) is 0.485. The van der Waals surface area contributed by atoms with Gasteiger partial charge < -0.3 is 10.3 Å². The third-order valence-electron chi connectivity index (χ3n) is 3.23. The fourth-order valence-corrected chi connectivity index (χ4v) is 2.15. The second kappa shape index (κ2) is 6.05. The van der Waals surface area contributed by atoms with Crippen molar-refractivity contribution in [2.24, 2.45) is 0 Å². The number of H-pyrrole nitrogens is 1. The van der Waals surface area contributed by atoms with Crippen molar-refractivity contribution in [3.63, 3.8) is 0 Å². The molecule has 1 heterocycles. The van der Waals surface area contributed by atoms with Gasteiger partial charge in [0.1, 0.15) is 5.69 Å². The maximum Gasteiger partial charge on any atom is 0.269 e. The molecule has 3 rings (SSSR count). The van der Waals surface area contributed by atoms with Crippen LogP contribution in [0.25, 0.3) is 11.1 Å². The maximum atomic E-state index is 11.9. The van der Waals surface area contributed by atoms with Crippen LogP contribution in [-0.4, -0.2) is 15.9 Å². The Morgan fingerprint density at radius 2 is 1.86 bits per heavy atom. The van der Waals surface area contributed by atoms with Crippen LogP contribution in [-0.2, 0) is 6.54 Å². The summed E-state index contributed by atoms with van der Waals surface area (Å²) in [5, 5.41) is 2.87. The lowest BCUT2D eigenvalue weighted by molar-refractivity contribution is 0.0946. The van der Waals surface area contributed by atoms with E-state index in [4.69, 9.17) is 0 Å². The van der Waals surface area contributed by atoms with Gasteiger partial charge in [-0.3, -0.25) is 4.79 Å². The molecule has 0 aliphatic heterocycles. The molecule has 0 bridgehead atoms. The highest BCUT2D eigenvalue weighted by Crippen LogP contribution is 2.19. The molecule has 3 aromatic rings. The fraction of sp³-hybridized carbons (Fsp3) is 0.0588. The number of carbonyl (C=O) groups is 1. The molecule has 4 heteroatoms. The van der Waals surface area contributed by atoms with Crippen molar-refractivity contribution in [1.29, 1.82) is 0 Å². The molecule has 104 valence electrons. The van der Waals surface area contributed by atoms with Gasteiger partial charge in [0.05, 0.1) is 12.5 Å². The number of carbonyl (C=O) groups excluding carboxylic acids is 1. The van der Waals surface area contributed by atoms with Crippen LogP contribution in [0, 0.1) is 0 Å². The van der Waals surface area contributed by atoms with Crippen molar-refractivity contribution in [3.05, 3.63) is 78.4 Å². The second-order valence-electron chi connectivity index (χ2n) is 4.71. The lowest BCUT2D eigenvalue weighted by Crippen LogP contribution is -2.23. The largest absolute Gasteiger partial charge is 0.347 e. The van der Waals surface area contributed by atoms with Gasteiger partial charge in [-0.2, -0.15) is 0 Å². The van der Waals surface area contributed by atoms with E-state index in [1.54, 1.807) is 0 Å². The maximum absolute atomic E-state index is 11.9. The lowest BCUT2D eigenvalue weighted by atomic mass is 10.0. The molecular formula is C17H15N3O. The summed E-state index contributed by atoms with van der Waals surface area (Å²) < 4.78 is 0. The Morgan fingerprint density at radius 1 is 1.05 bits per heavy atom. The van der Waals surface area contributed by atoms with Crippen molar-refractivity contribution >= 4 is 5.91 Å². The highest BCUT2D eigenvalue weighted by molar-refractivity contribution is 5.91. The van der Waals surface area contributed by atoms with E-state index in [-0.39, 0.29) is 5.91 Å². The van der Waals surface area contributed by atoms with Gasteiger partial charge in [-0.1, -0.05) is 48.5 Å². The number of rotatable bonds is 4. The highest BCUT2D eigenvalue weighted by Gasteiger charge is 2.06. The monoisotopic (exact) mass is 277 g/mol. The number of benzene rings is 2. The minimum atomic E-state index is -0.155. The summed E-state index contributed by atoms with van der Waals surface area (Å²) in [5.41, 5.74) is 3.83. The number of hydrogen-bond donors (Lipinski definition) is 2. The number of amides is 1. The van der Waals surface area contributed by atoms with E-state index in [0.29, 0.717) is 12.2 Å². The van der Waals surface area contributed by atoms with Crippen molar-refractivity contribution < 1.29 is 4.79 Å². The van der Waals surface area contributed by atoms with Crippen molar-refractivity contribution in [1.82, 2.24) is 15.3 Å². The molecule has 0 saturated carbocycles. The SMILES string of the molecule is O=C(NCc1cccc(-c2ccccc2)c1)c1cnc[nH]1. The zero-order valence-corrected chi connectivity index (χ0v) is 11.4. The summed E-state index contributed by atoms with van der Waals surface area (Å²) in [6.07, 6.45) is 3.00. The van der Waals surface area contributed by atoms with Gasteiger partial charge in [0, 0.05) is 6.54 Å². The van der Waals surface area contributed by atoms with Crippen LogP contribution in [0.1, 0.15) is 16.1 Å². The van der Waals surface area contributed by atoms with Gasteiger partial charge in [-0.05, 0) is 22.8 Å². The van der Waals surface area contributed by atoms with Gasteiger partial charge in [-0.25, -0.2) is 4.98 Å². The smallest absolute Gasteiger partial charge is 0.269 e. The van der Waals surface area contributed by atoms with Crippen LogP contribution in [0.2, 0.25) is 0 Å². The molecule has 1 amide bonds. The van der Waals surface area contributed by atoms with E-state index in [1.807, 2.05) is 30.3 Å². The predicted octanol–water partition coefficient (Wildman–Crippen LogP) is 3.01. The Bertz CT molecular complexity index is 721. The summed E-state index contributed by atoms with van der Waals surface area (Å²) in [6, 6.07) is 18.3. The summed E-state index contributed by atoms with van der Waals surface area (Å²) >= 11 is 0. The average Bonchev–Trinajstić information content (AvgIpc) is 3.08. The van der Waals surface area contributed by atoms with Gasteiger partial charge in [-0.15, -0.1) is 0 Å². The molecule has 0 aliphatic carbocycles. The van der Waals surface area contributed by atoms with Crippen LogP contribution in [0.15, 0.2) is 67.1 Å². The summed E-state index contributed by atoms with van der Waals surface area (Å²) in [5.74, 6) is -0.155. The first kappa shape index (κ1) is 13.1. The molecule has 0 spiro atoms. The van der Waals surface area contributed by atoms with Crippen molar-refractivity contribution in [2.75, 3.05) is 0 Å². The first-order valence-electron chi connectivity index (χ1n) is 6.74. The van der Waals surface area contributed by atoms with Crippen LogP contribution >= 0.6 is 0 Å². The minimum Gasteiger partial charge on any atom is -0.347 e. The molecule has 0 atom stereocenters. The Hall–Kier alpha value is -2.88. The minimum absolute atomic E-state index is 0.155. The molecule has 0 unspecified atom stereocenters. The lowest BCUT2D eigenvalue weighted by Gasteiger charge is -2.07. The molecule has 21 heavy (non-hydrogen) atoms. The first-order chi connectivity index (χ1) is 10.3. The molecule has 1 aromatic heterocycles. The van der Waals surface area contributed by atoms with E-state index in [0.717, 1.165) is 11.1 Å². The van der Waals surface area contributed by atoms with Gasteiger partial charge in [0.2, 0.25) is 0 Å². The number of aromatic nitrogens is 2. The zero-order chi connectivity index (χ0) is 14.5. The topological polar surface area (TPSA) is 57.8 Å². The van der Waals surface area contributed by atoms with E-state index in [2.05, 4.69) is 39.6 Å². The Balaban J connectivity index is 1.71. The quantitative estimate of drug-likeness (QED) is 0.770. The molecule has 4 nitrogen and oxygen atoms in total. The Labute approximate surface area is 122 Å². The zero-order valence-electron chi connectivity index (χ0n) is 11.4. The van der Waals surface area contributed by atoms with Crippen LogP contribution in [0.4, 0.5) is 0 Å². The summed E-state index contributed by atoms with van der Waals surface area (Å²) in [4.78, 5) is 18.5. The van der Waals surface area contributed by atoms with Crippen LogP contribution < -0.4 is 5.32 Å². The standard InChI is InChI=1S/C17H15N3O/c21-17(16-11-18-12-20-16)19-10-13-5-4-8-15(9-13)14-6-2-1-3-7-14/h1-9,11-12H,10H2,(H,18,20)(H,19,21). The van der Waals surface area contributed by atoms with Gasteiger partial charge in [0.15, 0.2) is 0 Å². The van der Waals surface area contributed by atoms with E-state index in [9.17, 15) is 4.79 Å². The fourth-order valence-electron chi connectivity index (χ4n) is 2.15. The molecule has 0 radical (unpaired) electrons. The second-order valence-corrected chi connectivity index (χ2v) is 4.71.